The van der Waals surface area contributed by atoms with Crippen LogP contribution in [0.4, 0.5) is 0 Å². The third-order valence-corrected chi connectivity index (χ3v) is 4.03. The number of rotatable bonds is 3. The maximum absolute atomic E-state index is 12.1. The van der Waals surface area contributed by atoms with E-state index in [1.165, 1.54) is 0 Å². The summed E-state index contributed by atoms with van der Waals surface area (Å²) in [6.07, 6.45) is 0. The fourth-order valence-corrected chi connectivity index (χ4v) is 2.63. The number of hydrogen-bond donors (Lipinski definition) is 3. The van der Waals surface area contributed by atoms with Crippen LogP contribution in [0, 0.1) is 0 Å². The molecule has 0 aliphatic heterocycles. The first-order chi connectivity index (χ1) is 11.6. The van der Waals surface area contributed by atoms with Crippen LogP contribution in [0.3, 0.4) is 0 Å². The zero-order valence-electron chi connectivity index (χ0n) is 12.5. The standard InChI is InChI=1S/C17H14BrN3O2S/c18-13-6-7-14-12(8-13)9-15(23-14)16(22)20-21-17(24)19-10-11-4-2-1-3-5-11/h1-9H,10H2,(H,20,22)(H2,19,21,24). The minimum absolute atomic E-state index is 0.210. The molecule has 0 saturated carbocycles. The smallest absolute Gasteiger partial charge is 0.305 e. The van der Waals surface area contributed by atoms with Gasteiger partial charge in [0.2, 0.25) is 0 Å². The molecule has 1 amide bonds. The van der Waals surface area contributed by atoms with Crippen molar-refractivity contribution in [1.29, 1.82) is 0 Å². The number of amides is 1. The second-order valence-electron chi connectivity index (χ2n) is 5.04. The van der Waals surface area contributed by atoms with Gasteiger partial charge in [0, 0.05) is 16.4 Å². The number of carbonyl (C=O) groups excluding carboxylic acids is 1. The molecular formula is C17H14BrN3O2S. The molecular weight excluding hydrogens is 390 g/mol. The predicted octanol–water partition coefficient (Wildman–Crippen LogP) is 3.50. The first-order valence-electron chi connectivity index (χ1n) is 7.19. The Balaban J connectivity index is 1.53. The van der Waals surface area contributed by atoms with E-state index in [2.05, 4.69) is 32.1 Å². The van der Waals surface area contributed by atoms with Gasteiger partial charge in [0.15, 0.2) is 10.9 Å². The Morgan fingerprint density at radius 1 is 1.08 bits per heavy atom. The van der Waals surface area contributed by atoms with E-state index in [4.69, 9.17) is 16.6 Å². The van der Waals surface area contributed by atoms with E-state index in [-0.39, 0.29) is 5.76 Å². The van der Waals surface area contributed by atoms with E-state index in [1.807, 2.05) is 42.5 Å². The molecule has 0 fully saturated rings. The highest BCUT2D eigenvalue weighted by Gasteiger charge is 2.12. The zero-order valence-corrected chi connectivity index (χ0v) is 14.9. The molecule has 2 aromatic carbocycles. The van der Waals surface area contributed by atoms with Crippen LogP contribution >= 0.6 is 28.1 Å². The van der Waals surface area contributed by atoms with Gasteiger partial charge in [0.1, 0.15) is 5.58 Å². The molecule has 0 saturated heterocycles. The number of carbonyl (C=O) groups is 1. The van der Waals surface area contributed by atoms with Crippen molar-refractivity contribution < 1.29 is 9.21 Å². The molecule has 3 rings (SSSR count). The molecule has 122 valence electrons. The second-order valence-corrected chi connectivity index (χ2v) is 6.36. The lowest BCUT2D eigenvalue weighted by Crippen LogP contribution is -2.46. The zero-order chi connectivity index (χ0) is 16.9. The highest BCUT2D eigenvalue weighted by atomic mass is 79.9. The minimum atomic E-state index is -0.397. The van der Waals surface area contributed by atoms with Crippen molar-refractivity contribution in [3.8, 4) is 0 Å². The number of benzene rings is 2. The van der Waals surface area contributed by atoms with Gasteiger partial charge in [-0.25, -0.2) is 0 Å². The van der Waals surface area contributed by atoms with E-state index < -0.39 is 5.91 Å². The van der Waals surface area contributed by atoms with Crippen molar-refractivity contribution in [3.05, 3.63) is 70.4 Å². The van der Waals surface area contributed by atoms with Crippen LogP contribution in [0.25, 0.3) is 11.0 Å². The molecule has 3 N–H and O–H groups in total. The highest BCUT2D eigenvalue weighted by molar-refractivity contribution is 9.10. The summed E-state index contributed by atoms with van der Waals surface area (Å²) < 4.78 is 6.43. The lowest BCUT2D eigenvalue weighted by Gasteiger charge is -2.10. The number of halogens is 1. The lowest BCUT2D eigenvalue weighted by atomic mass is 10.2. The van der Waals surface area contributed by atoms with Gasteiger partial charge < -0.3 is 9.73 Å². The average Bonchev–Trinajstić information content (AvgIpc) is 3.02. The van der Waals surface area contributed by atoms with Crippen LogP contribution in [0.1, 0.15) is 16.1 Å². The lowest BCUT2D eigenvalue weighted by molar-refractivity contribution is 0.0918. The highest BCUT2D eigenvalue weighted by Crippen LogP contribution is 2.23. The molecule has 1 aromatic heterocycles. The van der Waals surface area contributed by atoms with Crippen LogP contribution in [0.15, 0.2) is 63.5 Å². The van der Waals surface area contributed by atoms with Crippen LogP contribution < -0.4 is 16.2 Å². The van der Waals surface area contributed by atoms with Crippen molar-refractivity contribution in [2.75, 3.05) is 0 Å². The molecule has 1 heterocycles. The summed E-state index contributed by atoms with van der Waals surface area (Å²) in [6.45, 7) is 0.571. The van der Waals surface area contributed by atoms with Gasteiger partial charge in [-0.15, -0.1) is 0 Å². The van der Waals surface area contributed by atoms with E-state index in [0.29, 0.717) is 17.2 Å². The first-order valence-corrected chi connectivity index (χ1v) is 8.39. The first kappa shape index (κ1) is 16.5. The summed E-state index contributed by atoms with van der Waals surface area (Å²) in [4.78, 5) is 12.1. The maximum Gasteiger partial charge on any atom is 0.305 e. The van der Waals surface area contributed by atoms with E-state index in [9.17, 15) is 4.79 Å². The Bertz CT molecular complexity index is 880. The van der Waals surface area contributed by atoms with Crippen LogP contribution in [-0.4, -0.2) is 11.0 Å². The average molecular weight is 404 g/mol. The van der Waals surface area contributed by atoms with Crippen LogP contribution in [-0.2, 0) is 6.54 Å². The molecule has 0 aliphatic rings. The van der Waals surface area contributed by atoms with E-state index in [1.54, 1.807) is 12.1 Å². The summed E-state index contributed by atoms with van der Waals surface area (Å²) in [7, 11) is 0. The fraction of sp³-hybridized carbons (Fsp3) is 0.0588. The third-order valence-electron chi connectivity index (χ3n) is 3.29. The van der Waals surface area contributed by atoms with Gasteiger partial charge in [-0.1, -0.05) is 46.3 Å². The minimum Gasteiger partial charge on any atom is -0.451 e. The second kappa shape index (κ2) is 7.46. The van der Waals surface area contributed by atoms with Gasteiger partial charge in [-0.3, -0.25) is 15.6 Å². The normalized spacial score (nSPS) is 10.4. The van der Waals surface area contributed by atoms with Crippen molar-refractivity contribution in [2.45, 2.75) is 6.54 Å². The predicted molar refractivity (Wildman–Crippen MR) is 100 cm³/mol. The van der Waals surface area contributed by atoms with Crippen molar-refractivity contribution in [1.82, 2.24) is 16.2 Å². The summed E-state index contributed by atoms with van der Waals surface area (Å²) >= 11 is 8.51. The number of fused-ring (bicyclic) bond motifs is 1. The van der Waals surface area contributed by atoms with Crippen LogP contribution in [0.5, 0.6) is 0 Å². The molecule has 7 heteroatoms. The molecule has 0 spiro atoms. The van der Waals surface area contributed by atoms with E-state index >= 15 is 0 Å². The van der Waals surface area contributed by atoms with Gasteiger partial charge in [0.25, 0.3) is 0 Å². The van der Waals surface area contributed by atoms with Crippen molar-refractivity contribution in [3.63, 3.8) is 0 Å². The number of hydrogen-bond acceptors (Lipinski definition) is 3. The Hall–Kier alpha value is -2.38. The van der Waals surface area contributed by atoms with Gasteiger partial charge in [-0.05, 0) is 42.0 Å². The summed E-state index contributed by atoms with van der Waals surface area (Å²) in [5.41, 5.74) is 6.91. The van der Waals surface area contributed by atoms with Crippen molar-refractivity contribution >= 4 is 50.1 Å². The summed E-state index contributed by atoms with van der Waals surface area (Å²) in [5.74, 6) is -0.187. The molecule has 24 heavy (non-hydrogen) atoms. The molecule has 3 aromatic rings. The molecule has 0 unspecified atom stereocenters. The van der Waals surface area contributed by atoms with Gasteiger partial charge >= 0.3 is 5.91 Å². The summed E-state index contributed by atoms with van der Waals surface area (Å²) in [6, 6.07) is 17.1. The van der Waals surface area contributed by atoms with Crippen molar-refractivity contribution in [2.24, 2.45) is 0 Å². The number of furan rings is 1. The number of hydrazine groups is 1. The summed E-state index contributed by atoms with van der Waals surface area (Å²) in [5, 5.41) is 4.18. The Morgan fingerprint density at radius 2 is 1.88 bits per heavy atom. The Morgan fingerprint density at radius 3 is 2.67 bits per heavy atom. The molecule has 0 bridgehead atoms. The Labute approximate surface area is 152 Å². The fourth-order valence-electron chi connectivity index (χ4n) is 2.12. The topological polar surface area (TPSA) is 66.3 Å². The number of thiocarbonyl (C=S) groups is 1. The third kappa shape index (κ3) is 4.12. The molecule has 0 atom stereocenters. The van der Waals surface area contributed by atoms with Crippen LogP contribution in [0.2, 0.25) is 0 Å². The molecule has 0 radical (unpaired) electrons. The number of nitrogens with one attached hydrogen (secondary N) is 3. The largest absolute Gasteiger partial charge is 0.451 e. The van der Waals surface area contributed by atoms with Gasteiger partial charge in [-0.2, -0.15) is 0 Å². The van der Waals surface area contributed by atoms with Gasteiger partial charge in [0.05, 0.1) is 0 Å². The quantitative estimate of drug-likeness (QED) is 0.461. The Kier molecular flexibility index (Phi) is 5.12. The monoisotopic (exact) mass is 403 g/mol. The van der Waals surface area contributed by atoms with E-state index in [0.717, 1.165) is 15.4 Å². The maximum atomic E-state index is 12.1. The molecule has 5 nitrogen and oxygen atoms in total. The molecule has 0 aliphatic carbocycles. The SMILES string of the molecule is O=C(NNC(=S)NCc1ccccc1)c1cc2cc(Br)ccc2o1.